The van der Waals surface area contributed by atoms with Gasteiger partial charge in [0.05, 0.1) is 29.4 Å². The molecule has 1 aromatic heterocycles. The van der Waals surface area contributed by atoms with E-state index < -0.39 is 17.2 Å². The molecule has 0 unspecified atom stereocenters. The highest BCUT2D eigenvalue weighted by Gasteiger charge is 2.51. The molecule has 0 spiro atoms. The number of nitrogens with one attached hydrogen (secondary N) is 1. The van der Waals surface area contributed by atoms with Gasteiger partial charge in [0.1, 0.15) is 0 Å². The lowest BCUT2D eigenvalue weighted by molar-refractivity contribution is -0.146. The Morgan fingerprint density at radius 2 is 2.03 bits per heavy atom. The summed E-state index contributed by atoms with van der Waals surface area (Å²) in [4.78, 5) is 20.2. The van der Waals surface area contributed by atoms with E-state index in [0.717, 1.165) is 25.5 Å². The topological polar surface area (TPSA) is 63.7 Å². The molecule has 1 saturated carbocycles. The average Bonchev–Trinajstić information content (AvgIpc) is 3.27. The fraction of sp³-hybridized carbons (Fsp3) is 0.778. The van der Waals surface area contributed by atoms with Gasteiger partial charge in [0.2, 0.25) is 5.91 Å². The molecule has 0 aromatic carbocycles. The zero-order valence-corrected chi connectivity index (χ0v) is 22.0. The number of hydrogen-bond donors (Lipinski definition) is 1. The van der Waals surface area contributed by atoms with Crippen molar-refractivity contribution in [2.45, 2.75) is 90.2 Å². The second-order valence-corrected chi connectivity index (χ2v) is 11.5. The first-order valence-electron chi connectivity index (χ1n) is 13.2. The molecule has 6 nitrogen and oxygen atoms in total. The van der Waals surface area contributed by atoms with Gasteiger partial charge in [-0.2, -0.15) is 13.2 Å². The first kappa shape index (κ1) is 27.3. The van der Waals surface area contributed by atoms with Crippen molar-refractivity contribution in [1.29, 1.82) is 0 Å². The van der Waals surface area contributed by atoms with E-state index in [9.17, 15) is 18.0 Å². The Bertz CT molecular complexity index is 939. The molecule has 0 radical (unpaired) electrons. The summed E-state index contributed by atoms with van der Waals surface area (Å²) in [6, 6.07) is 1.56. The van der Waals surface area contributed by atoms with E-state index in [2.05, 4.69) is 24.1 Å². The van der Waals surface area contributed by atoms with Crippen molar-refractivity contribution in [2.24, 2.45) is 17.3 Å². The zero-order chi connectivity index (χ0) is 26.3. The van der Waals surface area contributed by atoms with Gasteiger partial charge in [-0.25, -0.2) is 0 Å². The molecule has 1 amide bonds. The largest absolute Gasteiger partial charge is 0.417 e. The normalized spacial score (nSPS) is 31.2. The van der Waals surface area contributed by atoms with Gasteiger partial charge in [-0.05, 0) is 49.1 Å². The molecule has 2 fully saturated rings. The van der Waals surface area contributed by atoms with Gasteiger partial charge in [-0.1, -0.05) is 27.7 Å². The number of fused-ring (bicyclic) bond motifs is 1. The Morgan fingerprint density at radius 1 is 1.28 bits per heavy atom. The average molecular weight is 512 g/mol. The zero-order valence-electron chi connectivity index (χ0n) is 22.0. The Morgan fingerprint density at radius 3 is 2.67 bits per heavy atom. The number of halogens is 3. The standard InChI is InChI=1S/C27H40F3N3O3/c1-16(2)21-14-33(13-18-10-19(27(28,29)30)12-31-24(18)21)25(34)26(17(3)4)8-6-20(11-26)32-22-7-9-36-15-23(22)35-5/h10,12,16-17,20-23,32H,6-9,11,13-15H2,1-5H3/t20-,21+,22+,23-,26+/m1/s1. The number of rotatable bonds is 6. The van der Waals surface area contributed by atoms with Crippen LogP contribution in [0.4, 0.5) is 13.2 Å². The first-order valence-corrected chi connectivity index (χ1v) is 13.2. The molecule has 1 N–H and O–H groups in total. The van der Waals surface area contributed by atoms with Crippen LogP contribution in [0.25, 0.3) is 0 Å². The van der Waals surface area contributed by atoms with E-state index >= 15 is 0 Å². The molecule has 0 bridgehead atoms. The predicted octanol–water partition coefficient (Wildman–Crippen LogP) is 4.77. The predicted molar refractivity (Wildman–Crippen MR) is 130 cm³/mol. The molecule has 2 aliphatic heterocycles. The number of ether oxygens (including phenoxy) is 2. The third kappa shape index (κ3) is 5.29. The van der Waals surface area contributed by atoms with E-state index in [1.807, 2.05) is 18.7 Å². The van der Waals surface area contributed by atoms with Gasteiger partial charge in [-0.15, -0.1) is 0 Å². The SMILES string of the molecule is CO[C@@H]1COCC[C@@H]1N[C@@H]1CC[C@@](C(=O)N2Cc3cc(C(F)(F)F)cnc3[C@H](C(C)C)C2)(C(C)C)C1. The van der Waals surface area contributed by atoms with Gasteiger partial charge in [0.15, 0.2) is 0 Å². The van der Waals surface area contributed by atoms with Crippen molar-refractivity contribution in [2.75, 3.05) is 26.9 Å². The number of carbonyl (C=O) groups excluding carboxylic acids is 1. The molecule has 3 heterocycles. The van der Waals surface area contributed by atoms with Crippen LogP contribution in [-0.2, 0) is 27.0 Å². The summed E-state index contributed by atoms with van der Waals surface area (Å²) in [5, 5.41) is 3.74. The Kier molecular flexibility index (Phi) is 8.03. The number of methoxy groups -OCH3 is 1. The molecule has 36 heavy (non-hydrogen) atoms. The number of amides is 1. The van der Waals surface area contributed by atoms with Gasteiger partial charge >= 0.3 is 6.18 Å². The van der Waals surface area contributed by atoms with Crippen molar-refractivity contribution >= 4 is 5.91 Å². The van der Waals surface area contributed by atoms with Crippen molar-refractivity contribution in [3.8, 4) is 0 Å². The van der Waals surface area contributed by atoms with E-state index in [4.69, 9.17) is 9.47 Å². The lowest BCUT2D eigenvalue weighted by Crippen LogP contribution is -2.52. The minimum Gasteiger partial charge on any atom is -0.379 e. The second kappa shape index (κ2) is 10.6. The van der Waals surface area contributed by atoms with Crippen LogP contribution in [0, 0.1) is 17.3 Å². The number of nitrogens with zero attached hydrogens (tertiary/aromatic N) is 2. The number of pyridine rings is 1. The van der Waals surface area contributed by atoms with Crippen LogP contribution in [0.2, 0.25) is 0 Å². The molecule has 1 saturated heterocycles. The summed E-state index contributed by atoms with van der Waals surface area (Å²) in [5.74, 6) is 0.231. The van der Waals surface area contributed by atoms with Crippen LogP contribution in [0.3, 0.4) is 0 Å². The smallest absolute Gasteiger partial charge is 0.379 e. The molecule has 3 aliphatic rings. The quantitative estimate of drug-likeness (QED) is 0.596. The van der Waals surface area contributed by atoms with Crippen molar-refractivity contribution in [3.05, 3.63) is 29.1 Å². The lowest BCUT2D eigenvalue weighted by Gasteiger charge is -2.42. The number of hydrogen-bond acceptors (Lipinski definition) is 5. The maximum Gasteiger partial charge on any atom is 0.417 e. The highest BCUT2D eigenvalue weighted by Crippen LogP contribution is 2.48. The highest BCUT2D eigenvalue weighted by molar-refractivity contribution is 5.84. The lowest BCUT2D eigenvalue weighted by atomic mass is 9.73. The fourth-order valence-electron chi connectivity index (χ4n) is 6.35. The van der Waals surface area contributed by atoms with Gasteiger partial charge in [0, 0.05) is 51.0 Å². The van der Waals surface area contributed by atoms with Crippen molar-refractivity contribution in [3.63, 3.8) is 0 Å². The summed E-state index contributed by atoms with van der Waals surface area (Å²) in [6.07, 6.45) is -0.315. The molecule has 202 valence electrons. The molecule has 4 rings (SSSR count). The molecule has 9 heteroatoms. The summed E-state index contributed by atoms with van der Waals surface area (Å²) in [7, 11) is 1.70. The number of alkyl halides is 3. The van der Waals surface area contributed by atoms with Crippen LogP contribution < -0.4 is 5.32 Å². The Hall–Kier alpha value is -1.71. The Balaban J connectivity index is 1.56. The van der Waals surface area contributed by atoms with Gasteiger partial charge in [-0.3, -0.25) is 9.78 Å². The maximum absolute atomic E-state index is 14.2. The minimum atomic E-state index is -4.46. The molecule has 1 aromatic rings. The monoisotopic (exact) mass is 511 g/mol. The van der Waals surface area contributed by atoms with Crippen molar-refractivity contribution < 1.29 is 27.4 Å². The van der Waals surface area contributed by atoms with Crippen molar-refractivity contribution in [1.82, 2.24) is 15.2 Å². The minimum absolute atomic E-state index is 0.00998. The number of aromatic nitrogens is 1. The molecular weight excluding hydrogens is 471 g/mol. The van der Waals surface area contributed by atoms with Gasteiger partial charge in [0.25, 0.3) is 0 Å². The third-order valence-electron chi connectivity index (χ3n) is 8.69. The summed E-state index contributed by atoms with van der Waals surface area (Å²) in [6.45, 7) is 10.2. The van der Waals surface area contributed by atoms with E-state index in [1.165, 1.54) is 6.07 Å². The fourth-order valence-corrected chi connectivity index (χ4v) is 6.35. The second-order valence-electron chi connectivity index (χ2n) is 11.5. The summed E-state index contributed by atoms with van der Waals surface area (Å²) < 4.78 is 51.4. The molecule has 5 atom stereocenters. The van der Waals surface area contributed by atoms with Crippen LogP contribution in [0.15, 0.2) is 12.3 Å². The van der Waals surface area contributed by atoms with Gasteiger partial charge < -0.3 is 19.7 Å². The highest BCUT2D eigenvalue weighted by atomic mass is 19.4. The number of carbonyl (C=O) groups is 1. The van der Waals surface area contributed by atoms with E-state index in [1.54, 1.807) is 7.11 Å². The Labute approximate surface area is 212 Å². The summed E-state index contributed by atoms with van der Waals surface area (Å²) in [5.41, 5.74) is -0.0954. The first-order chi connectivity index (χ1) is 17.0. The van der Waals surface area contributed by atoms with Crippen LogP contribution >= 0.6 is 0 Å². The third-order valence-corrected chi connectivity index (χ3v) is 8.69. The van der Waals surface area contributed by atoms with Crippen LogP contribution in [0.1, 0.15) is 76.1 Å². The van der Waals surface area contributed by atoms with Crippen LogP contribution in [-0.4, -0.2) is 60.8 Å². The molecular formula is C27H40F3N3O3. The maximum atomic E-state index is 14.2. The molecule has 1 aliphatic carbocycles. The van der Waals surface area contributed by atoms with E-state index in [0.29, 0.717) is 37.4 Å². The van der Waals surface area contributed by atoms with Crippen LogP contribution in [0.5, 0.6) is 0 Å². The summed E-state index contributed by atoms with van der Waals surface area (Å²) >= 11 is 0. The van der Waals surface area contributed by atoms with E-state index in [-0.39, 0.29) is 48.4 Å².